The highest BCUT2D eigenvalue weighted by Crippen LogP contribution is 2.24. The van der Waals surface area contributed by atoms with Gasteiger partial charge in [0, 0.05) is 24.3 Å². The largest absolute Gasteiger partial charge is 0.347 e. The molecule has 1 N–H and O–H groups in total. The van der Waals surface area contributed by atoms with Gasteiger partial charge in [-0.2, -0.15) is 4.31 Å². The van der Waals surface area contributed by atoms with E-state index in [1.807, 2.05) is 6.92 Å². The Morgan fingerprint density at radius 2 is 2.24 bits per heavy atom. The maximum atomic E-state index is 12.2. The number of imidazole rings is 1. The predicted molar refractivity (Wildman–Crippen MR) is 66.3 cm³/mol. The molecule has 0 atom stereocenters. The molecule has 0 bridgehead atoms. The van der Waals surface area contributed by atoms with Gasteiger partial charge in [0.2, 0.25) is 0 Å². The van der Waals surface area contributed by atoms with Crippen LogP contribution in [-0.2, 0) is 16.6 Å². The molecule has 0 aliphatic rings. The van der Waals surface area contributed by atoms with E-state index in [0.29, 0.717) is 10.0 Å². The van der Waals surface area contributed by atoms with Crippen molar-refractivity contribution in [1.29, 1.82) is 0 Å². The van der Waals surface area contributed by atoms with Crippen molar-refractivity contribution in [3.05, 3.63) is 35.2 Å². The molecule has 7 heteroatoms. The third-order valence-corrected chi connectivity index (χ3v) is 5.58. The van der Waals surface area contributed by atoms with Gasteiger partial charge in [-0.05, 0) is 19.1 Å². The first-order valence-corrected chi connectivity index (χ1v) is 7.27. The van der Waals surface area contributed by atoms with Crippen molar-refractivity contribution in [2.75, 3.05) is 7.05 Å². The van der Waals surface area contributed by atoms with E-state index in [9.17, 15) is 8.42 Å². The van der Waals surface area contributed by atoms with E-state index in [0.717, 1.165) is 4.88 Å². The number of H-pyrrole nitrogens is 1. The van der Waals surface area contributed by atoms with E-state index in [-0.39, 0.29) is 6.54 Å². The zero-order chi connectivity index (χ0) is 12.5. The van der Waals surface area contributed by atoms with Crippen molar-refractivity contribution < 1.29 is 8.42 Å². The molecule has 0 aliphatic heterocycles. The molecule has 17 heavy (non-hydrogen) atoms. The van der Waals surface area contributed by atoms with Crippen LogP contribution in [0.15, 0.2) is 28.7 Å². The van der Waals surface area contributed by atoms with Gasteiger partial charge in [0.1, 0.15) is 10.0 Å². The van der Waals surface area contributed by atoms with E-state index < -0.39 is 10.0 Å². The summed E-state index contributed by atoms with van der Waals surface area (Å²) in [6.45, 7) is 2.13. The summed E-state index contributed by atoms with van der Waals surface area (Å²) in [5.41, 5.74) is 0. The average Bonchev–Trinajstić information content (AvgIpc) is 2.89. The quantitative estimate of drug-likeness (QED) is 0.918. The lowest BCUT2D eigenvalue weighted by molar-refractivity contribution is 0.460. The molecule has 2 aromatic rings. The zero-order valence-corrected chi connectivity index (χ0v) is 11.2. The van der Waals surface area contributed by atoms with Gasteiger partial charge in [-0.3, -0.25) is 0 Å². The standard InChI is InChI=1S/C10H13N3O2S2/c1-8-3-4-10(16-8)17(14,15)13(2)7-9-11-5-6-12-9/h3-6H,7H2,1-2H3,(H,11,12). The van der Waals surface area contributed by atoms with Crippen LogP contribution in [0.25, 0.3) is 0 Å². The fourth-order valence-corrected chi connectivity index (χ4v) is 4.01. The Morgan fingerprint density at radius 1 is 1.47 bits per heavy atom. The summed E-state index contributed by atoms with van der Waals surface area (Å²) in [7, 11) is -1.85. The highest BCUT2D eigenvalue weighted by Gasteiger charge is 2.22. The maximum Gasteiger partial charge on any atom is 0.252 e. The Morgan fingerprint density at radius 3 is 2.76 bits per heavy atom. The van der Waals surface area contributed by atoms with Crippen LogP contribution in [0.3, 0.4) is 0 Å². The number of aromatic amines is 1. The topological polar surface area (TPSA) is 66.1 Å². The van der Waals surface area contributed by atoms with Crippen LogP contribution >= 0.6 is 11.3 Å². The number of nitrogens with one attached hydrogen (secondary N) is 1. The first kappa shape index (κ1) is 12.3. The van der Waals surface area contributed by atoms with E-state index in [4.69, 9.17) is 0 Å². The van der Waals surface area contributed by atoms with E-state index in [1.165, 1.54) is 15.6 Å². The summed E-state index contributed by atoms with van der Waals surface area (Å²) < 4.78 is 26.0. The van der Waals surface area contributed by atoms with Crippen molar-refractivity contribution in [1.82, 2.24) is 14.3 Å². The van der Waals surface area contributed by atoms with Crippen molar-refractivity contribution in [3.63, 3.8) is 0 Å². The molecule has 0 fully saturated rings. The Balaban J connectivity index is 2.21. The van der Waals surface area contributed by atoms with Gasteiger partial charge in [0.05, 0.1) is 6.54 Å². The molecule has 0 radical (unpaired) electrons. The Kier molecular flexibility index (Phi) is 3.32. The van der Waals surface area contributed by atoms with Gasteiger partial charge in [-0.1, -0.05) is 0 Å². The smallest absolute Gasteiger partial charge is 0.252 e. The fraction of sp³-hybridized carbons (Fsp3) is 0.300. The third kappa shape index (κ3) is 2.56. The number of rotatable bonds is 4. The number of aromatic nitrogens is 2. The molecule has 0 amide bonds. The van der Waals surface area contributed by atoms with Crippen LogP contribution in [-0.4, -0.2) is 29.7 Å². The summed E-state index contributed by atoms with van der Waals surface area (Å²) in [5.74, 6) is 0.629. The summed E-state index contributed by atoms with van der Waals surface area (Å²) >= 11 is 1.28. The molecule has 0 unspecified atom stereocenters. The second-order valence-electron chi connectivity index (χ2n) is 3.66. The van der Waals surface area contributed by atoms with E-state index in [1.54, 1.807) is 31.6 Å². The fourth-order valence-electron chi connectivity index (χ4n) is 1.38. The molecular formula is C10H13N3O2S2. The molecule has 0 saturated carbocycles. The van der Waals surface area contributed by atoms with Gasteiger partial charge >= 0.3 is 0 Å². The second-order valence-corrected chi connectivity index (χ2v) is 7.22. The Labute approximate surface area is 104 Å². The number of hydrogen-bond acceptors (Lipinski definition) is 4. The molecule has 0 aromatic carbocycles. The van der Waals surface area contributed by atoms with Crippen LogP contribution in [0.4, 0.5) is 0 Å². The minimum absolute atomic E-state index is 0.242. The molecule has 0 aliphatic carbocycles. The van der Waals surface area contributed by atoms with Crippen LogP contribution in [0.1, 0.15) is 10.7 Å². The van der Waals surface area contributed by atoms with Gasteiger partial charge in [0.25, 0.3) is 10.0 Å². The molecule has 92 valence electrons. The monoisotopic (exact) mass is 271 g/mol. The molecule has 0 spiro atoms. The lowest BCUT2D eigenvalue weighted by Crippen LogP contribution is -2.26. The van der Waals surface area contributed by atoms with Crippen LogP contribution in [0, 0.1) is 6.92 Å². The minimum atomic E-state index is -3.40. The van der Waals surface area contributed by atoms with E-state index in [2.05, 4.69) is 9.97 Å². The van der Waals surface area contributed by atoms with Crippen molar-refractivity contribution in [3.8, 4) is 0 Å². The number of nitrogens with zero attached hydrogens (tertiary/aromatic N) is 2. The molecule has 2 rings (SSSR count). The van der Waals surface area contributed by atoms with Crippen LogP contribution in [0.2, 0.25) is 0 Å². The minimum Gasteiger partial charge on any atom is -0.347 e. The first-order chi connectivity index (χ1) is 8.00. The van der Waals surface area contributed by atoms with Crippen molar-refractivity contribution in [2.24, 2.45) is 0 Å². The number of thiophene rings is 1. The summed E-state index contributed by atoms with van der Waals surface area (Å²) in [5, 5.41) is 0. The second kappa shape index (κ2) is 4.59. The first-order valence-electron chi connectivity index (χ1n) is 5.01. The highest BCUT2D eigenvalue weighted by atomic mass is 32.2. The molecule has 0 saturated heterocycles. The molecular weight excluding hydrogens is 258 g/mol. The van der Waals surface area contributed by atoms with Crippen LogP contribution < -0.4 is 0 Å². The van der Waals surface area contributed by atoms with E-state index >= 15 is 0 Å². The maximum absolute atomic E-state index is 12.2. The average molecular weight is 271 g/mol. The summed E-state index contributed by atoms with van der Waals surface area (Å²) in [6, 6.07) is 3.44. The number of aryl methyl sites for hydroxylation is 1. The third-order valence-electron chi connectivity index (χ3n) is 2.31. The van der Waals surface area contributed by atoms with Crippen LogP contribution in [0.5, 0.6) is 0 Å². The lowest BCUT2D eigenvalue weighted by atomic mass is 10.5. The normalized spacial score (nSPS) is 12.2. The highest BCUT2D eigenvalue weighted by molar-refractivity contribution is 7.91. The lowest BCUT2D eigenvalue weighted by Gasteiger charge is -2.14. The number of sulfonamides is 1. The molecule has 2 aromatic heterocycles. The predicted octanol–water partition coefficient (Wildman–Crippen LogP) is 1.60. The molecule has 2 heterocycles. The number of hydrogen-bond donors (Lipinski definition) is 1. The Bertz CT molecular complexity index is 587. The van der Waals surface area contributed by atoms with Crippen molar-refractivity contribution in [2.45, 2.75) is 17.7 Å². The van der Waals surface area contributed by atoms with Gasteiger partial charge in [-0.15, -0.1) is 11.3 Å². The molecule has 5 nitrogen and oxygen atoms in total. The van der Waals surface area contributed by atoms with Gasteiger partial charge in [-0.25, -0.2) is 13.4 Å². The van der Waals surface area contributed by atoms with Crippen molar-refractivity contribution >= 4 is 21.4 Å². The van der Waals surface area contributed by atoms with Gasteiger partial charge in [0.15, 0.2) is 0 Å². The Hall–Kier alpha value is -1.18. The van der Waals surface area contributed by atoms with Gasteiger partial charge < -0.3 is 4.98 Å². The SMILES string of the molecule is Cc1ccc(S(=O)(=O)N(C)Cc2ncc[nH]2)s1. The zero-order valence-electron chi connectivity index (χ0n) is 9.54. The summed E-state index contributed by atoms with van der Waals surface area (Å²) in [6.07, 6.45) is 3.27. The summed E-state index contributed by atoms with van der Waals surface area (Å²) in [4.78, 5) is 7.87.